The molecule has 0 unspecified atom stereocenters. The van der Waals surface area contributed by atoms with Gasteiger partial charge >= 0.3 is 0 Å². The highest BCUT2D eigenvalue weighted by molar-refractivity contribution is 5.87. The normalized spacial score (nSPS) is 25.4. The predicted molar refractivity (Wildman–Crippen MR) is 61.8 cm³/mol. The predicted octanol–water partition coefficient (Wildman–Crippen LogP) is 2.77. The van der Waals surface area contributed by atoms with E-state index in [-0.39, 0.29) is 11.9 Å². The molecule has 0 radical (unpaired) electrons. The average molecular weight is 219 g/mol. The van der Waals surface area contributed by atoms with Gasteiger partial charge in [0.25, 0.3) is 0 Å². The molecule has 1 fully saturated rings. The molecular weight excluding hydrogens is 202 g/mol. The van der Waals surface area contributed by atoms with Crippen LogP contribution in [-0.2, 0) is 4.79 Å². The van der Waals surface area contributed by atoms with Crippen LogP contribution < -0.4 is 0 Å². The summed E-state index contributed by atoms with van der Waals surface area (Å²) in [5.74, 6) is 1.50. The van der Waals surface area contributed by atoms with E-state index in [1.807, 2.05) is 17.0 Å². The Bertz CT molecular complexity index is 369. The topological polar surface area (TPSA) is 33.5 Å². The molecule has 3 heteroatoms. The van der Waals surface area contributed by atoms with Crippen LogP contribution in [0.5, 0.6) is 0 Å². The van der Waals surface area contributed by atoms with E-state index in [4.69, 9.17) is 4.42 Å². The third-order valence-corrected chi connectivity index (χ3v) is 3.19. The largest absolute Gasteiger partial charge is 0.467 e. The zero-order valence-electron chi connectivity index (χ0n) is 9.56. The summed E-state index contributed by atoms with van der Waals surface area (Å²) >= 11 is 0. The molecule has 0 bridgehead atoms. The highest BCUT2D eigenvalue weighted by atomic mass is 16.3. The first-order valence-electron chi connectivity index (χ1n) is 5.69. The van der Waals surface area contributed by atoms with E-state index in [9.17, 15) is 4.79 Å². The summed E-state index contributed by atoms with van der Waals surface area (Å²) < 4.78 is 5.42. The Hall–Kier alpha value is -1.51. The van der Waals surface area contributed by atoms with Crippen LogP contribution in [0.4, 0.5) is 0 Å². The molecule has 1 saturated heterocycles. The molecule has 1 aromatic heterocycles. The van der Waals surface area contributed by atoms with Gasteiger partial charge in [-0.15, -0.1) is 0 Å². The first-order chi connectivity index (χ1) is 7.72. The molecule has 1 amide bonds. The van der Waals surface area contributed by atoms with Crippen molar-refractivity contribution in [3.8, 4) is 0 Å². The van der Waals surface area contributed by atoms with Crippen LogP contribution in [0.15, 0.2) is 35.5 Å². The van der Waals surface area contributed by atoms with Gasteiger partial charge in [-0.05, 0) is 37.0 Å². The summed E-state index contributed by atoms with van der Waals surface area (Å²) in [4.78, 5) is 13.6. The lowest BCUT2D eigenvalue weighted by molar-refractivity contribution is -0.130. The Balaban J connectivity index is 2.22. The van der Waals surface area contributed by atoms with Gasteiger partial charge in [0, 0.05) is 6.54 Å². The molecule has 0 N–H and O–H groups in total. The molecule has 0 aliphatic carbocycles. The second-order valence-electron chi connectivity index (χ2n) is 4.40. The Morgan fingerprint density at radius 1 is 1.69 bits per heavy atom. The number of carbonyl (C=O) groups excluding carboxylic acids is 1. The van der Waals surface area contributed by atoms with E-state index in [0.29, 0.717) is 5.92 Å². The van der Waals surface area contributed by atoms with Gasteiger partial charge in [0.15, 0.2) is 0 Å². The summed E-state index contributed by atoms with van der Waals surface area (Å²) in [6, 6.07) is 3.88. The molecule has 2 heterocycles. The maximum absolute atomic E-state index is 11.7. The summed E-state index contributed by atoms with van der Waals surface area (Å²) in [7, 11) is 0. The number of carbonyl (C=O) groups is 1. The Morgan fingerprint density at radius 2 is 2.50 bits per heavy atom. The molecule has 2 atom stereocenters. The fourth-order valence-electron chi connectivity index (χ4n) is 2.27. The van der Waals surface area contributed by atoms with Crippen molar-refractivity contribution < 1.29 is 9.21 Å². The van der Waals surface area contributed by atoms with Crippen LogP contribution in [0.2, 0.25) is 0 Å². The van der Waals surface area contributed by atoms with Gasteiger partial charge < -0.3 is 9.32 Å². The summed E-state index contributed by atoms with van der Waals surface area (Å²) in [5.41, 5.74) is 0. The van der Waals surface area contributed by atoms with Gasteiger partial charge in [0.2, 0.25) is 5.91 Å². The second kappa shape index (κ2) is 4.56. The second-order valence-corrected chi connectivity index (χ2v) is 4.40. The van der Waals surface area contributed by atoms with Crippen molar-refractivity contribution in [2.75, 3.05) is 6.54 Å². The molecule has 3 nitrogen and oxygen atoms in total. The number of hydrogen-bond donors (Lipinski definition) is 0. The fraction of sp³-hybridized carbons (Fsp3) is 0.462. The van der Waals surface area contributed by atoms with Gasteiger partial charge in [0.05, 0.1) is 12.3 Å². The first-order valence-corrected chi connectivity index (χ1v) is 5.69. The van der Waals surface area contributed by atoms with Crippen LogP contribution >= 0.6 is 0 Å². The van der Waals surface area contributed by atoms with Gasteiger partial charge in [0.1, 0.15) is 5.76 Å². The quantitative estimate of drug-likeness (QED) is 0.717. The third-order valence-electron chi connectivity index (χ3n) is 3.19. The number of hydrogen-bond acceptors (Lipinski definition) is 2. The molecule has 86 valence electrons. The number of piperidine rings is 1. The zero-order valence-corrected chi connectivity index (χ0v) is 9.56. The number of nitrogens with zero attached hydrogens (tertiary/aromatic N) is 1. The van der Waals surface area contributed by atoms with Crippen molar-refractivity contribution in [2.24, 2.45) is 5.92 Å². The van der Waals surface area contributed by atoms with E-state index >= 15 is 0 Å². The Kier molecular flexibility index (Phi) is 3.13. The molecule has 1 aromatic rings. The SMILES string of the molecule is C=CC(=O)N1CC[C@@H](C)C[C@@H]1c1ccco1. The number of likely N-dealkylation sites (tertiary alicyclic amines) is 1. The molecule has 0 spiro atoms. The lowest BCUT2D eigenvalue weighted by Crippen LogP contribution is -2.39. The van der Waals surface area contributed by atoms with Gasteiger partial charge in [-0.25, -0.2) is 0 Å². The molecule has 2 rings (SSSR count). The minimum Gasteiger partial charge on any atom is -0.467 e. The molecule has 16 heavy (non-hydrogen) atoms. The smallest absolute Gasteiger partial charge is 0.246 e. The molecule has 1 aliphatic heterocycles. The summed E-state index contributed by atoms with van der Waals surface area (Å²) in [5, 5.41) is 0. The highest BCUT2D eigenvalue weighted by Gasteiger charge is 2.31. The van der Waals surface area contributed by atoms with Gasteiger partial charge in [-0.3, -0.25) is 4.79 Å². The van der Waals surface area contributed by atoms with Crippen LogP contribution in [0.1, 0.15) is 31.6 Å². The van der Waals surface area contributed by atoms with Crippen LogP contribution in [0.25, 0.3) is 0 Å². The average Bonchev–Trinajstić information content (AvgIpc) is 2.81. The molecule has 0 saturated carbocycles. The van der Waals surface area contributed by atoms with Crippen molar-refractivity contribution in [1.29, 1.82) is 0 Å². The number of amides is 1. The molecule has 0 aromatic carbocycles. The lowest BCUT2D eigenvalue weighted by atomic mass is 9.91. The first kappa shape index (κ1) is 11.0. The Morgan fingerprint density at radius 3 is 3.12 bits per heavy atom. The van der Waals surface area contributed by atoms with Gasteiger partial charge in [-0.1, -0.05) is 13.5 Å². The number of rotatable bonds is 2. The maximum atomic E-state index is 11.7. The van der Waals surface area contributed by atoms with E-state index in [1.165, 1.54) is 6.08 Å². The Labute approximate surface area is 95.7 Å². The van der Waals surface area contributed by atoms with Crippen LogP contribution in [0, 0.1) is 5.92 Å². The monoisotopic (exact) mass is 219 g/mol. The van der Waals surface area contributed by atoms with Crippen molar-refractivity contribution >= 4 is 5.91 Å². The van der Waals surface area contributed by atoms with Gasteiger partial charge in [-0.2, -0.15) is 0 Å². The standard InChI is InChI=1S/C13H17NO2/c1-3-13(15)14-7-6-10(2)9-11(14)12-5-4-8-16-12/h3-5,8,10-11H,1,6-7,9H2,2H3/t10-,11-/m1/s1. The van der Waals surface area contributed by atoms with Crippen molar-refractivity contribution in [3.05, 3.63) is 36.8 Å². The van der Waals surface area contributed by atoms with Crippen molar-refractivity contribution in [1.82, 2.24) is 4.90 Å². The maximum Gasteiger partial charge on any atom is 0.246 e. The van der Waals surface area contributed by atoms with Crippen LogP contribution in [0.3, 0.4) is 0 Å². The lowest BCUT2D eigenvalue weighted by Gasteiger charge is -2.36. The highest BCUT2D eigenvalue weighted by Crippen LogP contribution is 2.34. The zero-order chi connectivity index (χ0) is 11.5. The van der Waals surface area contributed by atoms with E-state index in [0.717, 1.165) is 25.1 Å². The summed E-state index contributed by atoms with van der Waals surface area (Å²) in [6.45, 7) is 6.55. The van der Waals surface area contributed by atoms with E-state index in [2.05, 4.69) is 13.5 Å². The fourth-order valence-corrected chi connectivity index (χ4v) is 2.27. The third kappa shape index (κ3) is 2.03. The molecule has 1 aliphatic rings. The number of furan rings is 1. The van der Waals surface area contributed by atoms with Crippen LogP contribution in [-0.4, -0.2) is 17.4 Å². The molecular formula is C13H17NO2. The van der Waals surface area contributed by atoms with E-state index in [1.54, 1.807) is 6.26 Å². The minimum atomic E-state index is -0.00620. The van der Waals surface area contributed by atoms with Crippen molar-refractivity contribution in [2.45, 2.75) is 25.8 Å². The van der Waals surface area contributed by atoms with Crippen molar-refractivity contribution in [3.63, 3.8) is 0 Å². The summed E-state index contributed by atoms with van der Waals surface area (Å²) in [6.07, 6.45) is 5.06. The minimum absolute atomic E-state index is 0.00620. The van der Waals surface area contributed by atoms with E-state index < -0.39 is 0 Å².